The highest BCUT2D eigenvalue weighted by molar-refractivity contribution is 5.68. The maximum absolute atomic E-state index is 13.9. The van der Waals surface area contributed by atoms with Gasteiger partial charge in [0.05, 0.1) is 5.69 Å². The van der Waals surface area contributed by atoms with E-state index in [-0.39, 0.29) is 11.8 Å². The summed E-state index contributed by atoms with van der Waals surface area (Å²) in [5.41, 5.74) is 3.71. The van der Waals surface area contributed by atoms with Gasteiger partial charge in [-0.1, -0.05) is 29.8 Å². The zero-order valence-corrected chi connectivity index (χ0v) is 14.2. The molecule has 0 unspecified atom stereocenters. The van der Waals surface area contributed by atoms with E-state index in [4.69, 9.17) is 0 Å². The Labute approximate surface area is 148 Å². The highest BCUT2D eigenvalue weighted by atomic mass is 19.1. The number of hydrogen-bond acceptors (Lipinski definition) is 4. The van der Waals surface area contributed by atoms with E-state index in [2.05, 4.69) is 20.5 Å². The van der Waals surface area contributed by atoms with Crippen LogP contribution < -0.4 is 11.0 Å². The number of halogens is 1. The lowest BCUT2D eigenvalue weighted by Crippen LogP contribution is -2.14. The number of aryl methyl sites for hydroxylation is 2. The zero-order valence-electron chi connectivity index (χ0n) is 14.2. The third kappa shape index (κ3) is 2.83. The van der Waals surface area contributed by atoms with Crippen LogP contribution in [-0.4, -0.2) is 19.6 Å². The van der Waals surface area contributed by atoms with Crippen LogP contribution in [0.25, 0.3) is 16.9 Å². The molecule has 0 radical (unpaired) electrons. The van der Waals surface area contributed by atoms with Crippen LogP contribution in [0.2, 0.25) is 0 Å². The Morgan fingerprint density at radius 1 is 1.12 bits per heavy atom. The molecule has 4 rings (SSSR count). The molecular formula is C19H16FN5O. The Balaban J connectivity index is 1.87. The van der Waals surface area contributed by atoms with Crippen molar-refractivity contribution in [1.29, 1.82) is 0 Å². The first-order chi connectivity index (χ1) is 12.5. The zero-order chi connectivity index (χ0) is 18.3. The number of H-pyrrole nitrogens is 1. The molecule has 0 atom stereocenters. The van der Waals surface area contributed by atoms with Gasteiger partial charge in [-0.25, -0.2) is 23.7 Å². The van der Waals surface area contributed by atoms with E-state index in [9.17, 15) is 9.18 Å². The number of nitrogens with zero attached hydrogens (tertiary/aromatic N) is 3. The fraction of sp³-hybridized carbons (Fsp3) is 0.105. The van der Waals surface area contributed by atoms with Crippen LogP contribution in [0, 0.1) is 19.7 Å². The molecule has 2 aromatic carbocycles. The molecule has 2 aromatic heterocycles. The van der Waals surface area contributed by atoms with Crippen LogP contribution in [0.3, 0.4) is 0 Å². The van der Waals surface area contributed by atoms with Crippen LogP contribution in [0.15, 0.2) is 53.3 Å². The molecule has 0 aliphatic heterocycles. The highest BCUT2D eigenvalue weighted by Crippen LogP contribution is 2.23. The molecule has 2 N–H and O–H groups in total. The summed E-state index contributed by atoms with van der Waals surface area (Å²) in [4.78, 5) is 16.7. The molecule has 0 fully saturated rings. The molecule has 0 aliphatic carbocycles. The number of aromatic amines is 1. The second-order valence-electron chi connectivity index (χ2n) is 6.15. The Bertz CT molecular complexity index is 1180. The quantitative estimate of drug-likeness (QED) is 0.593. The number of fused-ring (bicyclic) bond motifs is 1. The van der Waals surface area contributed by atoms with Crippen LogP contribution in [-0.2, 0) is 0 Å². The highest BCUT2D eigenvalue weighted by Gasteiger charge is 2.12. The average Bonchev–Trinajstić information content (AvgIpc) is 2.99. The molecule has 0 bridgehead atoms. The molecule has 0 saturated heterocycles. The third-order valence-corrected chi connectivity index (χ3v) is 4.14. The van der Waals surface area contributed by atoms with Gasteiger partial charge in [-0.05, 0) is 37.6 Å². The summed E-state index contributed by atoms with van der Waals surface area (Å²) in [6.45, 7) is 3.68. The van der Waals surface area contributed by atoms with Crippen molar-refractivity contribution >= 4 is 17.3 Å². The van der Waals surface area contributed by atoms with Crippen molar-refractivity contribution in [3.8, 4) is 11.3 Å². The summed E-state index contributed by atoms with van der Waals surface area (Å²) in [6, 6.07) is 14.4. The molecule has 6 nitrogen and oxygen atoms in total. The van der Waals surface area contributed by atoms with Crippen molar-refractivity contribution in [2.45, 2.75) is 13.8 Å². The Hall–Kier alpha value is -3.48. The normalized spacial score (nSPS) is 11.0. The molecule has 26 heavy (non-hydrogen) atoms. The first-order valence-electron chi connectivity index (χ1n) is 8.10. The lowest BCUT2D eigenvalue weighted by molar-refractivity contribution is 0.619. The van der Waals surface area contributed by atoms with E-state index in [0.29, 0.717) is 22.6 Å². The predicted molar refractivity (Wildman–Crippen MR) is 98.2 cm³/mol. The average molecular weight is 349 g/mol. The Morgan fingerprint density at radius 2 is 1.96 bits per heavy atom. The minimum Gasteiger partial charge on any atom is -0.325 e. The fourth-order valence-corrected chi connectivity index (χ4v) is 2.77. The van der Waals surface area contributed by atoms with E-state index >= 15 is 0 Å². The van der Waals surface area contributed by atoms with Crippen molar-refractivity contribution in [2.24, 2.45) is 0 Å². The van der Waals surface area contributed by atoms with Crippen molar-refractivity contribution in [2.75, 3.05) is 5.32 Å². The van der Waals surface area contributed by atoms with Crippen molar-refractivity contribution < 1.29 is 4.39 Å². The van der Waals surface area contributed by atoms with Crippen LogP contribution in [0.5, 0.6) is 0 Å². The van der Waals surface area contributed by atoms with Gasteiger partial charge >= 0.3 is 5.69 Å². The minimum atomic E-state index is -0.418. The molecule has 0 saturated carbocycles. The smallest absolute Gasteiger partial charge is 0.325 e. The van der Waals surface area contributed by atoms with E-state index in [1.54, 1.807) is 25.1 Å². The third-order valence-electron chi connectivity index (χ3n) is 4.14. The molecule has 0 spiro atoms. The summed E-state index contributed by atoms with van der Waals surface area (Å²) in [6.07, 6.45) is 0. The first kappa shape index (κ1) is 16.0. The Kier molecular flexibility index (Phi) is 3.76. The SMILES string of the molecule is Cc1cccc(-c2cc3n[nH]c(=O)n3c(Nc3ccc(C)c(F)c3)n2)c1. The van der Waals surface area contributed by atoms with Crippen LogP contribution in [0.4, 0.5) is 16.0 Å². The summed E-state index contributed by atoms with van der Waals surface area (Å²) >= 11 is 0. The van der Waals surface area contributed by atoms with Gasteiger partial charge in [-0.3, -0.25) is 0 Å². The second kappa shape index (κ2) is 6.11. The lowest BCUT2D eigenvalue weighted by atomic mass is 10.1. The van der Waals surface area contributed by atoms with Gasteiger partial charge in [0.1, 0.15) is 5.82 Å². The molecule has 7 heteroatoms. The summed E-state index contributed by atoms with van der Waals surface area (Å²) in [5, 5.41) is 9.47. The van der Waals surface area contributed by atoms with Crippen molar-refractivity contribution in [1.82, 2.24) is 19.6 Å². The minimum absolute atomic E-state index is 0.265. The largest absolute Gasteiger partial charge is 0.350 e. The van der Waals surface area contributed by atoms with Gasteiger partial charge in [0, 0.05) is 17.3 Å². The topological polar surface area (TPSA) is 75.1 Å². The van der Waals surface area contributed by atoms with Gasteiger partial charge in [0.25, 0.3) is 0 Å². The van der Waals surface area contributed by atoms with E-state index in [1.165, 1.54) is 10.5 Å². The van der Waals surface area contributed by atoms with Gasteiger partial charge in [0.2, 0.25) is 5.95 Å². The van der Waals surface area contributed by atoms with Gasteiger partial charge in [0.15, 0.2) is 5.65 Å². The van der Waals surface area contributed by atoms with Gasteiger partial charge in [-0.15, -0.1) is 0 Å². The van der Waals surface area contributed by atoms with Gasteiger partial charge in [-0.2, -0.15) is 5.10 Å². The Morgan fingerprint density at radius 3 is 2.73 bits per heavy atom. The van der Waals surface area contributed by atoms with Crippen molar-refractivity contribution in [3.63, 3.8) is 0 Å². The van der Waals surface area contributed by atoms with Gasteiger partial charge < -0.3 is 5.32 Å². The molecule has 4 aromatic rings. The molecule has 0 amide bonds. The van der Waals surface area contributed by atoms with Crippen molar-refractivity contribution in [3.05, 3.63) is 76.0 Å². The maximum Gasteiger partial charge on any atom is 0.350 e. The molecule has 130 valence electrons. The molecule has 0 aliphatic rings. The fourth-order valence-electron chi connectivity index (χ4n) is 2.77. The first-order valence-corrected chi connectivity index (χ1v) is 8.10. The second-order valence-corrected chi connectivity index (χ2v) is 6.15. The van der Waals surface area contributed by atoms with E-state index in [0.717, 1.165) is 11.1 Å². The summed E-state index contributed by atoms with van der Waals surface area (Å²) < 4.78 is 15.2. The standard InChI is InChI=1S/C19H16FN5O/c1-11-4-3-5-13(8-11)16-10-17-23-24-19(26)25(17)18(22-16)21-14-7-6-12(2)15(20)9-14/h3-10H,1-2H3,(H,21,22)(H,24,26). The number of nitrogens with one attached hydrogen (secondary N) is 2. The number of anilines is 2. The maximum atomic E-state index is 13.9. The summed E-state index contributed by atoms with van der Waals surface area (Å²) in [5.74, 6) is -0.0679. The number of hydrogen-bond donors (Lipinski definition) is 2. The monoisotopic (exact) mass is 349 g/mol. The van der Waals surface area contributed by atoms with Crippen LogP contribution in [0.1, 0.15) is 11.1 Å². The van der Waals surface area contributed by atoms with E-state index < -0.39 is 5.69 Å². The number of benzene rings is 2. The lowest BCUT2D eigenvalue weighted by Gasteiger charge is -2.10. The van der Waals surface area contributed by atoms with E-state index in [1.807, 2.05) is 31.2 Å². The molecule has 2 heterocycles. The number of rotatable bonds is 3. The number of aromatic nitrogens is 4. The molecular weight excluding hydrogens is 333 g/mol. The summed E-state index contributed by atoms with van der Waals surface area (Å²) in [7, 11) is 0. The predicted octanol–water partition coefficient (Wildman–Crippen LogP) is 3.58. The van der Waals surface area contributed by atoms with Crippen LogP contribution >= 0.6 is 0 Å².